The highest BCUT2D eigenvalue weighted by molar-refractivity contribution is 6.35. The lowest BCUT2D eigenvalue weighted by atomic mass is 10.1. The van der Waals surface area contributed by atoms with Crippen LogP contribution in [0.3, 0.4) is 0 Å². The number of H-pyrrole nitrogens is 1. The van der Waals surface area contributed by atoms with Crippen LogP contribution in [0.4, 0.5) is 10.2 Å². The van der Waals surface area contributed by atoms with Crippen LogP contribution in [-0.2, 0) is 0 Å². The van der Waals surface area contributed by atoms with Crippen LogP contribution in [0.1, 0.15) is 18.9 Å². The van der Waals surface area contributed by atoms with Crippen molar-refractivity contribution in [3.63, 3.8) is 0 Å². The first-order valence-corrected chi connectivity index (χ1v) is 11.1. The number of aromatic amines is 1. The molecule has 0 bridgehead atoms. The number of anilines is 1. The SMILES string of the molecule is N#CN1CCC[C@@H](n2c(Cl)c(-c3ccc(Oc4ccccc4F)cc3)c3c(N)n[nH]c(=O)c32)C1. The van der Waals surface area contributed by atoms with Crippen LogP contribution in [0.25, 0.3) is 22.0 Å². The Morgan fingerprint density at radius 2 is 2.00 bits per heavy atom. The van der Waals surface area contributed by atoms with Crippen LogP contribution < -0.4 is 16.0 Å². The molecule has 2 aromatic carbocycles. The van der Waals surface area contributed by atoms with Gasteiger partial charge in [0.05, 0.1) is 11.4 Å². The van der Waals surface area contributed by atoms with E-state index in [0.717, 1.165) is 12.8 Å². The third kappa shape index (κ3) is 3.72. The van der Waals surface area contributed by atoms with Crippen molar-refractivity contribution in [1.29, 1.82) is 5.26 Å². The Morgan fingerprint density at radius 1 is 1.24 bits per heavy atom. The standard InChI is InChI=1S/C24H20ClFN6O2/c25-22-19(14-7-9-16(10-8-14)34-18-6-2-1-5-17(18)26)20-21(24(33)30-29-23(20)28)32(22)15-4-3-11-31(12-15)13-27/h1-2,5-10,15H,3-4,11-12H2,(H2,28,29)(H,30,33)/t15-/m1/s1. The summed E-state index contributed by atoms with van der Waals surface area (Å²) < 4.78 is 21.3. The predicted octanol–water partition coefficient (Wildman–Crippen LogP) is 4.68. The quantitative estimate of drug-likeness (QED) is 0.412. The van der Waals surface area contributed by atoms with Crippen molar-refractivity contribution >= 4 is 28.3 Å². The molecule has 1 aliphatic heterocycles. The summed E-state index contributed by atoms with van der Waals surface area (Å²) in [7, 11) is 0. The number of nitrogens with one attached hydrogen (secondary N) is 1. The second-order valence-corrected chi connectivity index (χ2v) is 8.45. The minimum absolute atomic E-state index is 0.115. The van der Waals surface area contributed by atoms with Gasteiger partial charge in [-0.3, -0.25) is 4.79 Å². The van der Waals surface area contributed by atoms with Gasteiger partial charge in [-0.2, -0.15) is 10.4 Å². The molecule has 0 aliphatic carbocycles. The molecule has 34 heavy (non-hydrogen) atoms. The van der Waals surface area contributed by atoms with Crippen molar-refractivity contribution in [2.24, 2.45) is 0 Å². The molecule has 1 atom stereocenters. The third-order valence-electron chi connectivity index (χ3n) is 6.01. The van der Waals surface area contributed by atoms with Gasteiger partial charge in [-0.15, -0.1) is 0 Å². The maximum Gasteiger partial charge on any atom is 0.288 e. The van der Waals surface area contributed by atoms with Crippen LogP contribution in [0.5, 0.6) is 11.5 Å². The Hall–Kier alpha value is -4.03. The fourth-order valence-corrected chi connectivity index (χ4v) is 4.89. The molecule has 1 fully saturated rings. The van der Waals surface area contributed by atoms with Crippen LogP contribution >= 0.6 is 11.6 Å². The first-order valence-electron chi connectivity index (χ1n) is 10.7. The number of likely N-dealkylation sites (tertiary alicyclic amines) is 1. The Labute approximate surface area is 198 Å². The first kappa shape index (κ1) is 21.8. The number of ether oxygens (including phenoxy) is 1. The highest BCUT2D eigenvalue weighted by Crippen LogP contribution is 2.42. The molecule has 1 saturated heterocycles. The van der Waals surface area contributed by atoms with Gasteiger partial charge in [0.2, 0.25) is 0 Å². The van der Waals surface area contributed by atoms with Crippen LogP contribution in [0.15, 0.2) is 53.3 Å². The summed E-state index contributed by atoms with van der Waals surface area (Å²) in [6.45, 7) is 1.11. The Balaban J connectivity index is 1.61. The molecular weight excluding hydrogens is 459 g/mol. The molecule has 0 saturated carbocycles. The predicted molar refractivity (Wildman–Crippen MR) is 127 cm³/mol. The molecule has 0 unspecified atom stereocenters. The zero-order valence-electron chi connectivity index (χ0n) is 18.0. The zero-order chi connectivity index (χ0) is 23.8. The van der Waals surface area contributed by atoms with Gasteiger partial charge in [-0.1, -0.05) is 35.9 Å². The van der Waals surface area contributed by atoms with Gasteiger partial charge in [0.25, 0.3) is 5.56 Å². The van der Waals surface area contributed by atoms with Crippen LogP contribution in [-0.4, -0.2) is 32.8 Å². The number of fused-ring (bicyclic) bond motifs is 1. The summed E-state index contributed by atoms with van der Waals surface area (Å²) in [5, 5.41) is 16.5. The molecule has 4 aromatic rings. The van der Waals surface area contributed by atoms with Crippen molar-refractivity contribution in [1.82, 2.24) is 19.7 Å². The molecule has 0 radical (unpaired) electrons. The number of nitrogens with zero attached hydrogens (tertiary/aromatic N) is 4. The van der Waals surface area contributed by atoms with E-state index >= 15 is 0 Å². The number of nitrogens with two attached hydrogens (primary N) is 1. The minimum atomic E-state index is -0.463. The number of rotatable bonds is 4. The van der Waals surface area contributed by atoms with E-state index in [9.17, 15) is 14.4 Å². The molecule has 10 heteroatoms. The highest BCUT2D eigenvalue weighted by atomic mass is 35.5. The molecule has 2 aromatic heterocycles. The zero-order valence-corrected chi connectivity index (χ0v) is 18.7. The average Bonchev–Trinajstić information content (AvgIpc) is 3.17. The lowest BCUT2D eigenvalue weighted by Crippen LogP contribution is -2.34. The normalized spacial score (nSPS) is 15.9. The number of nitrogen functional groups attached to an aromatic ring is 1. The van der Waals surface area contributed by atoms with Gasteiger partial charge < -0.3 is 19.9 Å². The molecule has 1 aliphatic rings. The maximum atomic E-state index is 13.9. The van der Waals surface area contributed by atoms with E-state index < -0.39 is 11.4 Å². The molecule has 0 spiro atoms. The largest absolute Gasteiger partial charge is 0.454 e. The van der Waals surface area contributed by atoms with E-state index in [1.54, 1.807) is 51.9 Å². The number of benzene rings is 2. The van der Waals surface area contributed by atoms with Crippen molar-refractivity contribution in [3.05, 3.63) is 69.9 Å². The Kier molecular flexibility index (Phi) is 5.59. The van der Waals surface area contributed by atoms with Crippen LogP contribution in [0, 0.1) is 17.3 Å². The maximum absolute atomic E-state index is 13.9. The number of hydrogen-bond acceptors (Lipinski definition) is 6. The molecule has 3 N–H and O–H groups in total. The van der Waals surface area contributed by atoms with E-state index in [1.165, 1.54) is 6.07 Å². The van der Waals surface area contributed by atoms with Gasteiger partial charge in [0, 0.05) is 18.7 Å². The average molecular weight is 479 g/mol. The molecule has 8 nitrogen and oxygen atoms in total. The van der Waals surface area contributed by atoms with Crippen LogP contribution in [0.2, 0.25) is 5.15 Å². The van der Waals surface area contributed by atoms with E-state index in [4.69, 9.17) is 22.1 Å². The second kappa shape index (κ2) is 8.72. The molecule has 3 heterocycles. The Bertz CT molecular complexity index is 1470. The van der Waals surface area contributed by atoms with Crippen molar-refractivity contribution in [3.8, 4) is 28.8 Å². The van der Waals surface area contributed by atoms with E-state index in [-0.39, 0.29) is 17.6 Å². The molecule has 5 rings (SSSR count). The highest BCUT2D eigenvalue weighted by Gasteiger charge is 2.29. The van der Waals surface area contributed by atoms with Crippen molar-refractivity contribution in [2.45, 2.75) is 18.9 Å². The van der Waals surface area contributed by atoms with E-state index in [2.05, 4.69) is 16.4 Å². The van der Waals surface area contributed by atoms with Gasteiger partial charge >= 0.3 is 0 Å². The topological polar surface area (TPSA) is 113 Å². The summed E-state index contributed by atoms with van der Waals surface area (Å²) in [5.41, 5.74) is 7.37. The van der Waals surface area contributed by atoms with Gasteiger partial charge in [0.15, 0.2) is 23.6 Å². The summed E-state index contributed by atoms with van der Waals surface area (Å²) in [5.74, 6) is 0.235. The summed E-state index contributed by atoms with van der Waals surface area (Å²) in [4.78, 5) is 14.5. The second-order valence-electron chi connectivity index (χ2n) is 8.10. The number of para-hydroxylation sites is 1. The summed E-state index contributed by atoms with van der Waals surface area (Å²) >= 11 is 6.89. The smallest absolute Gasteiger partial charge is 0.288 e. The number of halogens is 2. The fraction of sp³-hybridized carbons (Fsp3) is 0.208. The third-order valence-corrected chi connectivity index (χ3v) is 6.38. The molecule has 172 valence electrons. The minimum Gasteiger partial charge on any atom is -0.454 e. The van der Waals surface area contributed by atoms with E-state index in [0.29, 0.717) is 46.0 Å². The molecular formula is C24H20ClFN6O2. The summed E-state index contributed by atoms with van der Waals surface area (Å²) in [6.07, 6.45) is 3.74. The molecule has 0 amide bonds. The monoisotopic (exact) mass is 478 g/mol. The number of nitriles is 1. The first-order chi connectivity index (χ1) is 16.5. The number of hydrogen-bond donors (Lipinski definition) is 2. The van der Waals surface area contributed by atoms with Crippen molar-refractivity contribution < 1.29 is 9.13 Å². The van der Waals surface area contributed by atoms with E-state index in [1.807, 2.05) is 0 Å². The fourth-order valence-electron chi connectivity index (χ4n) is 4.46. The van der Waals surface area contributed by atoms with Crippen molar-refractivity contribution in [2.75, 3.05) is 18.8 Å². The van der Waals surface area contributed by atoms with Gasteiger partial charge in [0.1, 0.15) is 16.4 Å². The van der Waals surface area contributed by atoms with Gasteiger partial charge in [-0.05, 0) is 42.7 Å². The lowest BCUT2D eigenvalue weighted by Gasteiger charge is -2.30. The number of aromatic nitrogens is 3. The Morgan fingerprint density at radius 3 is 2.74 bits per heavy atom. The van der Waals surface area contributed by atoms with Gasteiger partial charge in [-0.25, -0.2) is 9.49 Å². The summed E-state index contributed by atoms with van der Waals surface area (Å²) in [6, 6.07) is 12.9. The number of piperidine rings is 1. The lowest BCUT2D eigenvalue weighted by molar-refractivity contribution is 0.248.